The summed E-state index contributed by atoms with van der Waals surface area (Å²) in [5.41, 5.74) is 1.70. The maximum Gasteiger partial charge on any atom is 0.359 e. The van der Waals surface area contributed by atoms with E-state index in [9.17, 15) is 14.9 Å². The number of benzene rings is 2. The van der Waals surface area contributed by atoms with Crippen molar-refractivity contribution < 1.29 is 9.53 Å². The number of rotatable bonds is 4. The van der Waals surface area contributed by atoms with Gasteiger partial charge >= 0.3 is 5.97 Å². The molecule has 0 spiro atoms. The highest BCUT2D eigenvalue weighted by Crippen LogP contribution is 2.20. The van der Waals surface area contributed by atoms with E-state index in [1.807, 2.05) is 30.3 Å². The zero-order valence-corrected chi connectivity index (χ0v) is 15.4. The summed E-state index contributed by atoms with van der Waals surface area (Å²) in [6, 6.07) is 18.0. The van der Waals surface area contributed by atoms with Crippen LogP contribution in [0.15, 0.2) is 59.4 Å². The van der Waals surface area contributed by atoms with Gasteiger partial charge in [0.15, 0.2) is 5.69 Å². The van der Waals surface area contributed by atoms with Gasteiger partial charge in [0.1, 0.15) is 18.2 Å². The molecular weight excluding hydrogens is 370 g/mol. The number of fused-ring (bicyclic) bond motifs is 1. The number of para-hydroxylation sites is 1. The van der Waals surface area contributed by atoms with E-state index in [1.54, 1.807) is 35.9 Å². The van der Waals surface area contributed by atoms with Crippen LogP contribution in [0.5, 0.6) is 0 Å². The first-order chi connectivity index (χ1) is 14.1. The Balaban J connectivity index is 1.69. The minimum atomic E-state index is -0.709. The maximum atomic E-state index is 12.7. The van der Waals surface area contributed by atoms with E-state index < -0.39 is 5.97 Å². The number of nitrogens with one attached hydrogen (secondary N) is 1. The number of H-pyrrole nitrogens is 1. The molecule has 1 N–H and O–H groups in total. The highest BCUT2D eigenvalue weighted by molar-refractivity contribution is 6.01. The number of hydrogen-bond donors (Lipinski definition) is 1. The molecule has 0 radical (unpaired) electrons. The number of carbonyl (C=O) groups is 1. The van der Waals surface area contributed by atoms with Crippen LogP contribution in [0.1, 0.15) is 27.4 Å². The molecule has 2 aromatic heterocycles. The fourth-order valence-electron chi connectivity index (χ4n) is 3.11. The van der Waals surface area contributed by atoms with Gasteiger partial charge in [0, 0.05) is 5.39 Å². The predicted molar refractivity (Wildman–Crippen MR) is 104 cm³/mol. The normalized spacial score (nSPS) is 10.6. The summed E-state index contributed by atoms with van der Waals surface area (Å²) in [4.78, 5) is 24.6. The molecule has 4 rings (SSSR count). The molecule has 0 amide bonds. The second-order valence-electron chi connectivity index (χ2n) is 6.29. The van der Waals surface area contributed by atoms with E-state index in [0.29, 0.717) is 27.7 Å². The average molecular weight is 385 g/mol. The molecule has 142 valence electrons. The molecule has 4 aromatic rings. The molecule has 8 nitrogen and oxygen atoms in total. The van der Waals surface area contributed by atoms with Gasteiger partial charge in [0.2, 0.25) is 0 Å². The smallest absolute Gasteiger partial charge is 0.359 e. The first-order valence-corrected chi connectivity index (χ1v) is 8.78. The van der Waals surface area contributed by atoms with Gasteiger partial charge < -0.3 is 4.74 Å². The van der Waals surface area contributed by atoms with Crippen molar-refractivity contribution in [2.24, 2.45) is 0 Å². The van der Waals surface area contributed by atoms with E-state index in [-0.39, 0.29) is 17.9 Å². The molecule has 0 atom stereocenters. The van der Waals surface area contributed by atoms with E-state index in [1.165, 1.54) is 0 Å². The highest BCUT2D eigenvalue weighted by atomic mass is 16.5. The van der Waals surface area contributed by atoms with Gasteiger partial charge in [0.25, 0.3) is 5.56 Å². The van der Waals surface area contributed by atoms with Gasteiger partial charge in [-0.15, -0.1) is 0 Å². The highest BCUT2D eigenvalue weighted by Gasteiger charge is 2.20. The topological polar surface area (TPSA) is 114 Å². The van der Waals surface area contributed by atoms with Gasteiger partial charge in [-0.05, 0) is 25.1 Å². The van der Waals surface area contributed by atoms with Gasteiger partial charge in [0.05, 0.1) is 22.5 Å². The maximum absolute atomic E-state index is 12.7. The van der Waals surface area contributed by atoms with Crippen molar-refractivity contribution in [2.45, 2.75) is 13.5 Å². The van der Waals surface area contributed by atoms with Gasteiger partial charge in [-0.25, -0.2) is 14.6 Å². The number of aromatic amines is 1. The molecular formula is C21H15N5O3. The van der Waals surface area contributed by atoms with Crippen LogP contribution in [-0.4, -0.2) is 25.9 Å². The van der Waals surface area contributed by atoms with Crippen LogP contribution in [0.4, 0.5) is 0 Å². The zero-order chi connectivity index (χ0) is 20.4. The van der Waals surface area contributed by atoms with Crippen molar-refractivity contribution in [3.05, 3.63) is 87.6 Å². The first-order valence-electron chi connectivity index (χ1n) is 8.78. The van der Waals surface area contributed by atoms with Crippen molar-refractivity contribution in [1.29, 1.82) is 5.26 Å². The molecule has 0 aliphatic heterocycles. The summed E-state index contributed by atoms with van der Waals surface area (Å²) >= 11 is 0. The molecule has 0 aliphatic carbocycles. The van der Waals surface area contributed by atoms with Crippen molar-refractivity contribution in [3.8, 4) is 11.8 Å². The molecule has 0 aliphatic rings. The van der Waals surface area contributed by atoms with Gasteiger partial charge in [-0.3, -0.25) is 4.79 Å². The lowest BCUT2D eigenvalue weighted by Gasteiger charge is -2.09. The lowest BCUT2D eigenvalue weighted by molar-refractivity contribution is 0.0459. The Hall–Kier alpha value is -4.25. The average Bonchev–Trinajstić information content (AvgIpc) is 3.08. The molecule has 0 fully saturated rings. The number of aryl methyl sites for hydroxylation is 1. The first kappa shape index (κ1) is 18.1. The number of nitriles is 1. The molecule has 2 heterocycles. The minimum absolute atomic E-state index is 0.00112. The Morgan fingerprint density at radius 2 is 1.83 bits per heavy atom. The van der Waals surface area contributed by atoms with Crippen molar-refractivity contribution in [1.82, 2.24) is 20.0 Å². The third-order valence-corrected chi connectivity index (χ3v) is 4.50. The van der Waals surface area contributed by atoms with E-state index in [2.05, 4.69) is 21.4 Å². The van der Waals surface area contributed by atoms with Crippen molar-refractivity contribution in [2.75, 3.05) is 0 Å². The number of hydrogen-bond acceptors (Lipinski definition) is 6. The number of ether oxygens (including phenoxy) is 1. The largest absolute Gasteiger partial charge is 0.454 e. The summed E-state index contributed by atoms with van der Waals surface area (Å²) in [7, 11) is 0. The molecule has 0 bridgehead atoms. The number of nitrogens with zero attached hydrogens (tertiary/aromatic N) is 4. The fourth-order valence-corrected chi connectivity index (χ4v) is 3.11. The predicted octanol–water partition coefficient (Wildman–Crippen LogP) is 2.65. The van der Waals surface area contributed by atoms with Crippen LogP contribution in [0, 0.1) is 18.3 Å². The molecule has 2 aromatic carbocycles. The summed E-state index contributed by atoms with van der Waals surface area (Å²) in [6.07, 6.45) is 0. The Bertz CT molecular complexity index is 1320. The van der Waals surface area contributed by atoms with E-state index in [4.69, 9.17) is 4.74 Å². The zero-order valence-electron chi connectivity index (χ0n) is 15.4. The third kappa shape index (κ3) is 3.26. The van der Waals surface area contributed by atoms with E-state index >= 15 is 0 Å². The number of aromatic nitrogens is 4. The van der Waals surface area contributed by atoms with E-state index in [0.717, 1.165) is 5.69 Å². The number of esters is 1. The SMILES string of the molecule is Cc1nn(-c2ccccc2)c(COC(=O)c2n[nH]c(=O)c3ccccc23)c1C#N. The van der Waals surface area contributed by atoms with Crippen LogP contribution in [0.25, 0.3) is 16.5 Å². The molecule has 8 heteroatoms. The minimum Gasteiger partial charge on any atom is -0.454 e. The van der Waals surface area contributed by atoms with Crippen LogP contribution in [0.2, 0.25) is 0 Å². The monoisotopic (exact) mass is 385 g/mol. The van der Waals surface area contributed by atoms with Crippen molar-refractivity contribution >= 4 is 16.7 Å². The summed E-state index contributed by atoms with van der Waals surface area (Å²) in [5.74, 6) is -0.709. The molecule has 0 saturated heterocycles. The molecule has 0 saturated carbocycles. The lowest BCUT2D eigenvalue weighted by atomic mass is 10.1. The fraction of sp³-hybridized carbons (Fsp3) is 0.0952. The van der Waals surface area contributed by atoms with Crippen molar-refractivity contribution in [3.63, 3.8) is 0 Å². The standard InChI is InChI=1S/C21H15N5O3/c1-13-17(11-22)18(26(25-13)14-7-3-2-4-8-14)12-29-21(28)19-15-9-5-6-10-16(15)20(27)24-23-19/h2-10H,12H2,1H3,(H,24,27). The van der Waals surface area contributed by atoms with Crippen LogP contribution < -0.4 is 5.56 Å². The van der Waals surface area contributed by atoms with Gasteiger partial charge in [-0.1, -0.05) is 36.4 Å². The van der Waals surface area contributed by atoms with Gasteiger partial charge in [-0.2, -0.15) is 15.5 Å². The Kier molecular flexibility index (Phi) is 4.63. The Labute approximate surface area is 165 Å². The Morgan fingerprint density at radius 3 is 2.55 bits per heavy atom. The summed E-state index contributed by atoms with van der Waals surface area (Å²) in [5, 5.41) is 20.8. The number of carbonyl (C=O) groups excluding carboxylic acids is 1. The summed E-state index contributed by atoms with van der Waals surface area (Å²) in [6.45, 7) is 1.55. The molecule has 29 heavy (non-hydrogen) atoms. The Morgan fingerprint density at radius 1 is 1.14 bits per heavy atom. The third-order valence-electron chi connectivity index (χ3n) is 4.50. The van der Waals surface area contributed by atoms with Crippen LogP contribution in [0.3, 0.4) is 0 Å². The summed E-state index contributed by atoms with van der Waals surface area (Å²) < 4.78 is 7.03. The second-order valence-corrected chi connectivity index (χ2v) is 6.29. The lowest BCUT2D eigenvalue weighted by Crippen LogP contribution is -2.16. The van der Waals surface area contributed by atoms with Crippen LogP contribution in [-0.2, 0) is 11.3 Å². The molecule has 0 unspecified atom stereocenters. The van der Waals surface area contributed by atoms with Crippen LogP contribution >= 0.6 is 0 Å². The second kappa shape index (κ2) is 7.40. The quantitative estimate of drug-likeness (QED) is 0.540.